The number of piperidine rings is 1. The molecule has 2 heterocycles. The molecule has 22 heavy (non-hydrogen) atoms. The molecule has 0 radical (unpaired) electrons. The fourth-order valence-electron chi connectivity index (χ4n) is 2.78. The molecule has 6 heteroatoms. The van der Waals surface area contributed by atoms with Gasteiger partial charge >= 0.3 is 0 Å². The first-order valence-corrected chi connectivity index (χ1v) is 8.08. The van der Waals surface area contributed by atoms with Crippen LogP contribution in [0.3, 0.4) is 0 Å². The number of nitrogens with one attached hydrogen (secondary N) is 1. The Morgan fingerprint density at radius 2 is 2.23 bits per heavy atom. The van der Waals surface area contributed by atoms with Gasteiger partial charge in [-0.25, -0.2) is 9.97 Å². The predicted octanol–water partition coefficient (Wildman–Crippen LogP) is 1.22. The largest absolute Gasteiger partial charge is 0.394 e. The van der Waals surface area contributed by atoms with E-state index in [1.807, 2.05) is 6.92 Å². The van der Waals surface area contributed by atoms with Crippen LogP contribution in [0, 0.1) is 11.8 Å². The zero-order chi connectivity index (χ0) is 15.9. The van der Waals surface area contributed by atoms with Gasteiger partial charge in [-0.1, -0.05) is 20.3 Å². The smallest absolute Gasteiger partial charge is 0.225 e. The van der Waals surface area contributed by atoms with Gasteiger partial charge < -0.3 is 15.3 Å². The maximum atomic E-state index is 12.5. The van der Waals surface area contributed by atoms with E-state index in [0.717, 1.165) is 25.8 Å². The van der Waals surface area contributed by atoms with Crippen molar-refractivity contribution in [3.63, 3.8) is 0 Å². The molecule has 122 valence electrons. The molecular formula is C16H26N4O2. The summed E-state index contributed by atoms with van der Waals surface area (Å²) in [6, 6.07) is 1.62. The molecule has 1 aliphatic rings. The highest BCUT2D eigenvalue weighted by molar-refractivity contribution is 5.79. The van der Waals surface area contributed by atoms with Gasteiger partial charge in [0.2, 0.25) is 11.9 Å². The number of hydrogen-bond acceptors (Lipinski definition) is 5. The Kier molecular flexibility index (Phi) is 6.12. The second-order valence-electron chi connectivity index (χ2n) is 6.02. The third-order valence-electron chi connectivity index (χ3n) is 4.48. The van der Waals surface area contributed by atoms with Crippen LogP contribution in [-0.4, -0.2) is 46.7 Å². The number of carbonyl (C=O) groups excluding carboxylic acids is 1. The lowest BCUT2D eigenvalue weighted by Crippen LogP contribution is -2.49. The van der Waals surface area contributed by atoms with Crippen LogP contribution < -0.4 is 10.2 Å². The number of rotatable bonds is 6. The summed E-state index contributed by atoms with van der Waals surface area (Å²) in [6.07, 6.45) is 6.19. The van der Waals surface area contributed by atoms with E-state index >= 15 is 0 Å². The fraction of sp³-hybridized carbons (Fsp3) is 0.688. The van der Waals surface area contributed by atoms with Crippen LogP contribution in [0.15, 0.2) is 18.5 Å². The number of hydrogen-bond donors (Lipinski definition) is 2. The first-order valence-electron chi connectivity index (χ1n) is 8.08. The summed E-state index contributed by atoms with van der Waals surface area (Å²) in [5, 5.41) is 12.5. The van der Waals surface area contributed by atoms with Crippen molar-refractivity contribution in [1.82, 2.24) is 15.3 Å². The topological polar surface area (TPSA) is 78.4 Å². The molecule has 1 fully saturated rings. The molecule has 0 bridgehead atoms. The maximum Gasteiger partial charge on any atom is 0.225 e. The van der Waals surface area contributed by atoms with Crippen LogP contribution in [-0.2, 0) is 4.79 Å². The Morgan fingerprint density at radius 3 is 2.86 bits per heavy atom. The molecule has 0 saturated carbocycles. The Bertz CT molecular complexity index is 468. The first kappa shape index (κ1) is 16.7. The second-order valence-corrected chi connectivity index (χ2v) is 6.02. The molecule has 0 aromatic carbocycles. The van der Waals surface area contributed by atoms with Crippen LogP contribution in [0.25, 0.3) is 0 Å². The van der Waals surface area contributed by atoms with E-state index in [1.54, 1.807) is 18.5 Å². The Balaban J connectivity index is 1.95. The van der Waals surface area contributed by atoms with Crippen LogP contribution >= 0.6 is 0 Å². The minimum Gasteiger partial charge on any atom is -0.394 e. The molecular weight excluding hydrogens is 280 g/mol. The summed E-state index contributed by atoms with van der Waals surface area (Å²) in [5.74, 6) is 0.905. The van der Waals surface area contributed by atoms with Gasteiger partial charge in [-0.15, -0.1) is 0 Å². The zero-order valence-corrected chi connectivity index (χ0v) is 13.4. The number of carbonyl (C=O) groups is 1. The number of amides is 1. The molecule has 0 aliphatic carbocycles. The number of aromatic nitrogens is 2. The van der Waals surface area contributed by atoms with Crippen LogP contribution in [0.5, 0.6) is 0 Å². The van der Waals surface area contributed by atoms with Crippen molar-refractivity contribution >= 4 is 11.9 Å². The standard InChI is InChI=1S/C16H26N4O2/c1-3-12(2)14(11-21)19-15(22)13-6-4-9-20(10-13)16-17-7-5-8-18-16/h5,7-8,12-14,21H,3-4,6,9-11H2,1-2H3,(H,19,22). The van der Waals surface area contributed by atoms with Crippen molar-refractivity contribution in [2.75, 3.05) is 24.6 Å². The van der Waals surface area contributed by atoms with Gasteiger partial charge in [0.05, 0.1) is 18.6 Å². The van der Waals surface area contributed by atoms with Crippen molar-refractivity contribution < 1.29 is 9.90 Å². The minimum absolute atomic E-state index is 0.0149. The van der Waals surface area contributed by atoms with Crippen LogP contribution in [0.4, 0.5) is 5.95 Å². The van der Waals surface area contributed by atoms with Crippen molar-refractivity contribution in [3.05, 3.63) is 18.5 Å². The van der Waals surface area contributed by atoms with E-state index in [4.69, 9.17) is 0 Å². The monoisotopic (exact) mass is 306 g/mol. The summed E-state index contributed by atoms with van der Waals surface area (Å²) in [7, 11) is 0. The molecule has 1 aliphatic heterocycles. The molecule has 0 spiro atoms. The molecule has 1 amide bonds. The number of nitrogens with zero attached hydrogens (tertiary/aromatic N) is 3. The molecule has 3 atom stereocenters. The van der Waals surface area contributed by atoms with Gasteiger partial charge in [0.1, 0.15) is 0 Å². The first-order chi connectivity index (χ1) is 10.7. The van der Waals surface area contributed by atoms with Crippen molar-refractivity contribution in [3.8, 4) is 0 Å². The highest BCUT2D eigenvalue weighted by Gasteiger charge is 2.29. The zero-order valence-electron chi connectivity index (χ0n) is 13.4. The van der Waals surface area contributed by atoms with E-state index in [1.165, 1.54) is 0 Å². The molecule has 2 N–H and O–H groups in total. The molecule has 2 rings (SSSR count). The lowest BCUT2D eigenvalue weighted by molar-refractivity contribution is -0.126. The van der Waals surface area contributed by atoms with Crippen molar-refractivity contribution in [2.45, 2.75) is 39.2 Å². The van der Waals surface area contributed by atoms with E-state index in [2.05, 4.69) is 27.1 Å². The SMILES string of the molecule is CCC(C)C(CO)NC(=O)C1CCCN(c2ncccn2)C1. The van der Waals surface area contributed by atoms with E-state index in [9.17, 15) is 9.90 Å². The molecule has 1 aromatic rings. The molecule has 6 nitrogen and oxygen atoms in total. The van der Waals surface area contributed by atoms with Gasteiger partial charge in [-0.3, -0.25) is 4.79 Å². The third-order valence-corrected chi connectivity index (χ3v) is 4.48. The number of anilines is 1. The third kappa shape index (κ3) is 4.16. The normalized spacial score (nSPS) is 21.2. The Morgan fingerprint density at radius 1 is 1.50 bits per heavy atom. The van der Waals surface area contributed by atoms with Gasteiger partial charge in [-0.05, 0) is 24.8 Å². The summed E-state index contributed by atoms with van der Waals surface area (Å²) in [6.45, 7) is 5.61. The van der Waals surface area contributed by atoms with E-state index < -0.39 is 0 Å². The Hall–Kier alpha value is -1.69. The molecule has 3 unspecified atom stereocenters. The van der Waals surface area contributed by atoms with Crippen LogP contribution in [0.2, 0.25) is 0 Å². The van der Waals surface area contributed by atoms with Gasteiger partial charge in [0.25, 0.3) is 0 Å². The highest BCUT2D eigenvalue weighted by atomic mass is 16.3. The van der Waals surface area contributed by atoms with Crippen molar-refractivity contribution in [2.24, 2.45) is 11.8 Å². The second kappa shape index (κ2) is 8.08. The predicted molar refractivity (Wildman–Crippen MR) is 85.4 cm³/mol. The van der Waals surface area contributed by atoms with Crippen LogP contribution in [0.1, 0.15) is 33.1 Å². The lowest BCUT2D eigenvalue weighted by atomic mass is 9.95. The van der Waals surface area contributed by atoms with E-state index in [-0.39, 0.29) is 30.4 Å². The number of aliphatic hydroxyl groups is 1. The highest BCUT2D eigenvalue weighted by Crippen LogP contribution is 2.20. The number of aliphatic hydroxyl groups excluding tert-OH is 1. The summed E-state index contributed by atoms with van der Waals surface area (Å²) in [5.41, 5.74) is 0. The summed E-state index contributed by atoms with van der Waals surface area (Å²) in [4.78, 5) is 23.1. The average Bonchev–Trinajstić information content (AvgIpc) is 2.59. The maximum absolute atomic E-state index is 12.5. The average molecular weight is 306 g/mol. The quantitative estimate of drug-likeness (QED) is 0.826. The van der Waals surface area contributed by atoms with Gasteiger partial charge in [0.15, 0.2) is 0 Å². The lowest BCUT2D eigenvalue weighted by Gasteiger charge is -2.33. The fourth-order valence-corrected chi connectivity index (χ4v) is 2.78. The summed E-state index contributed by atoms with van der Waals surface area (Å²) >= 11 is 0. The minimum atomic E-state index is -0.166. The molecule has 1 aromatic heterocycles. The summed E-state index contributed by atoms with van der Waals surface area (Å²) < 4.78 is 0. The van der Waals surface area contributed by atoms with E-state index in [0.29, 0.717) is 12.5 Å². The van der Waals surface area contributed by atoms with Crippen molar-refractivity contribution in [1.29, 1.82) is 0 Å². The molecule has 1 saturated heterocycles. The van der Waals surface area contributed by atoms with Gasteiger partial charge in [0, 0.05) is 25.5 Å². The Labute approximate surface area is 132 Å². The van der Waals surface area contributed by atoms with Gasteiger partial charge in [-0.2, -0.15) is 0 Å².